The van der Waals surface area contributed by atoms with Crippen molar-refractivity contribution >= 4 is 28.8 Å². The van der Waals surface area contributed by atoms with Crippen LogP contribution in [-0.4, -0.2) is 34.6 Å². The number of nitrogens with one attached hydrogen (secondary N) is 1. The van der Waals surface area contributed by atoms with Gasteiger partial charge in [0.15, 0.2) is 0 Å². The minimum Gasteiger partial charge on any atom is -0.410 e. The molecule has 0 bridgehead atoms. The Balaban J connectivity index is 2.80. The summed E-state index contributed by atoms with van der Waals surface area (Å²) in [5, 5.41) is 2.54. The lowest BCUT2D eigenvalue weighted by Crippen LogP contribution is -2.43. The van der Waals surface area contributed by atoms with Crippen molar-refractivity contribution in [1.29, 1.82) is 0 Å². The van der Waals surface area contributed by atoms with Crippen molar-refractivity contribution in [2.45, 2.75) is 39.8 Å². The number of benzene rings is 1. The van der Waals surface area contributed by atoms with Gasteiger partial charge in [0, 0.05) is 23.8 Å². The molecule has 6 heteroatoms. The molecular weight excluding hydrogens is 288 g/mol. The second kappa shape index (κ2) is 7.93. The zero-order chi connectivity index (χ0) is 16.0. The summed E-state index contributed by atoms with van der Waals surface area (Å²) in [4.78, 5) is 25.2. The van der Waals surface area contributed by atoms with Crippen molar-refractivity contribution in [3.05, 3.63) is 24.3 Å². The number of ether oxygens (including phenoxy) is 1. The molecule has 0 aliphatic heterocycles. The third kappa shape index (κ3) is 5.30. The van der Waals surface area contributed by atoms with Crippen LogP contribution in [0, 0.1) is 0 Å². The highest BCUT2D eigenvalue weighted by Crippen LogP contribution is 2.20. The second-order valence-corrected chi connectivity index (χ2v) is 5.89. The molecule has 0 aliphatic rings. The first-order chi connectivity index (χ1) is 9.85. The van der Waals surface area contributed by atoms with Crippen molar-refractivity contribution in [2.75, 3.05) is 11.6 Å². The van der Waals surface area contributed by atoms with E-state index in [-0.39, 0.29) is 17.3 Å². The van der Waals surface area contributed by atoms with Crippen molar-refractivity contribution in [3.8, 4) is 5.75 Å². The normalized spacial score (nSPS) is 10.6. The first-order valence-corrected chi connectivity index (χ1v) is 8.02. The summed E-state index contributed by atoms with van der Waals surface area (Å²) in [6.07, 6.45) is 1.30. The van der Waals surface area contributed by atoms with E-state index in [0.717, 1.165) is 11.8 Å². The van der Waals surface area contributed by atoms with E-state index in [0.29, 0.717) is 11.4 Å². The van der Waals surface area contributed by atoms with Gasteiger partial charge >= 0.3 is 6.09 Å². The van der Waals surface area contributed by atoms with Crippen LogP contribution in [0.4, 0.5) is 15.3 Å². The Bertz CT molecular complexity index is 495. The highest BCUT2D eigenvalue weighted by molar-refractivity contribution is 8.13. The molecule has 1 N–H and O–H groups in total. The molecule has 0 heterocycles. The number of thioether (sulfide) groups is 1. The van der Waals surface area contributed by atoms with Crippen molar-refractivity contribution in [3.63, 3.8) is 0 Å². The van der Waals surface area contributed by atoms with Gasteiger partial charge in [-0.15, -0.1) is 0 Å². The van der Waals surface area contributed by atoms with Gasteiger partial charge < -0.3 is 15.0 Å². The molecule has 0 aromatic heterocycles. The first-order valence-electron chi connectivity index (χ1n) is 6.80. The summed E-state index contributed by atoms with van der Waals surface area (Å²) in [5.41, 5.74) is 0.597. The molecule has 0 spiro atoms. The van der Waals surface area contributed by atoms with Gasteiger partial charge in [0.25, 0.3) is 5.24 Å². The van der Waals surface area contributed by atoms with Crippen molar-refractivity contribution in [2.24, 2.45) is 0 Å². The molecule has 2 amide bonds. The fraction of sp³-hybridized carbons (Fsp3) is 0.467. The van der Waals surface area contributed by atoms with E-state index in [1.165, 1.54) is 0 Å². The first kappa shape index (κ1) is 17.4. The van der Waals surface area contributed by atoms with Crippen LogP contribution in [0.25, 0.3) is 0 Å². The number of anilines is 1. The van der Waals surface area contributed by atoms with Gasteiger partial charge in [0.2, 0.25) is 0 Å². The topological polar surface area (TPSA) is 58.6 Å². The van der Waals surface area contributed by atoms with E-state index in [9.17, 15) is 9.59 Å². The van der Waals surface area contributed by atoms with Gasteiger partial charge in [-0.05, 0) is 46.1 Å². The third-order valence-electron chi connectivity index (χ3n) is 2.79. The predicted octanol–water partition coefficient (Wildman–Crippen LogP) is 4.20. The standard InChI is InChI=1S/C15H22N2O3S/c1-10(2)17(11(3)4)15(19)20-13-8-6-7-12(9-13)16-14(18)21-5/h6-11H,1-5H3,(H,16,18). The van der Waals surface area contributed by atoms with Crippen LogP contribution in [0.1, 0.15) is 27.7 Å². The maximum absolute atomic E-state index is 12.2. The number of amides is 2. The van der Waals surface area contributed by atoms with Gasteiger partial charge in [-0.1, -0.05) is 17.8 Å². The average Bonchev–Trinajstić information content (AvgIpc) is 2.37. The molecule has 0 aliphatic carbocycles. The SMILES string of the molecule is CSC(=O)Nc1cccc(OC(=O)N(C(C)C)C(C)C)c1. The minimum absolute atomic E-state index is 0.0527. The van der Waals surface area contributed by atoms with E-state index in [2.05, 4.69) is 5.32 Å². The summed E-state index contributed by atoms with van der Waals surface area (Å²) in [6.45, 7) is 7.76. The molecule has 0 saturated carbocycles. The monoisotopic (exact) mass is 310 g/mol. The van der Waals surface area contributed by atoms with Crippen LogP contribution < -0.4 is 10.1 Å². The Morgan fingerprint density at radius 3 is 2.33 bits per heavy atom. The summed E-state index contributed by atoms with van der Waals surface area (Å²) in [5.74, 6) is 0.408. The van der Waals surface area contributed by atoms with Crippen LogP contribution in [0.2, 0.25) is 0 Å². The van der Waals surface area contributed by atoms with Gasteiger partial charge in [-0.2, -0.15) is 0 Å². The van der Waals surface area contributed by atoms with Gasteiger partial charge in [0.1, 0.15) is 5.75 Å². The predicted molar refractivity (Wildman–Crippen MR) is 87.1 cm³/mol. The molecule has 0 atom stereocenters. The number of hydrogen-bond acceptors (Lipinski definition) is 4. The molecule has 1 aromatic carbocycles. The molecule has 0 radical (unpaired) electrons. The number of rotatable bonds is 4. The lowest BCUT2D eigenvalue weighted by atomic mass is 10.2. The van der Waals surface area contributed by atoms with Crippen LogP contribution in [-0.2, 0) is 0 Å². The number of nitrogens with zero attached hydrogens (tertiary/aromatic N) is 1. The summed E-state index contributed by atoms with van der Waals surface area (Å²) in [7, 11) is 0. The summed E-state index contributed by atoms with van der Waals surface area (Å²) in [6, 6.07) is 6.90. The quantitative estimate of drug-likeness (QED) is 0.905. The molecule has 0 unspecified atom stereocenters. The van der Waals surface area contributed by atoms with E-state index in [4.69, 9.17) is 4.74 Å². The molecule has 1 aromatic rings. The van der Waals surface area contributed by atoms with E-state index < -0.39 is 6.09 Å². The fourth-order valence-corrected chi connectivity index (χ4v) is 2.20. The molecule has 116 valence electrons. The molecule has 21 heavy (non-hydrogen) atoms. The third-order valence-corrected chi connectivity index (χ3v) is 3.27. The van der Waals surface area contributed by atoms with Crippen LogP contribution in [0.15, 0.2) is 24.3 Å². The highest BCUT2D eigenvalue weighted by atomic mass is 32.2. The van der Waals surface area contributed by atoms with E-state index in [1.807, 2.05) is 27.7 Å². The van der Waals surface area contributed by atoms with Gasteiger partial charge in [-0.25, -0.2) is 4.79 Å². The molecule has 0 fully saturated rings. The smallest absolute Gasteiger partial charge is 0.410 e. The largest absolute Gasteiger partial charge is 0.415 e. The molecule has 0 saturated heterocycles. The van der Waals surface area contributed by atoms with Crippen LogP contribution in [0.5, 0.6) is 5.75 Å². The Hall–Kier alpha value is -1.69. The zero-order valence-electron chi connectivity index (χ0n) is 13.0. The van der Waals surface area contributed by atoms with Crippen molar-refractivity contribution < 1.29 is 14.3 Å². The van der Waals surface area contributed by atoms with Crippen LogP contribution >= 0.6 is 11.8 Å². The maximum Gasteiger partial charge on any atom is 0.415 e. The molecule has 5 nitrogen and oxygen atoms in total. The Morgan fingerprint density at radius 1 is 1.19 bits per heavy atom. The summed E-state index contributed by atoms with van der Waals surface area (Å²) >= 11 is 1.09. The van der Waals surface area contributed by atoms with E-state index in [1.54, 1.807) is 35.4 Å². The summed E-state index contributed by atoms with van der Waals surface area (Å²) < 4.78 is 5.38. The van der Waals surface area contributed by atoms with Gasteiger partial charge in [0.05, 0.1) is 0 Å². The van der Waals surface area contributed by atoms with Gasteiger partial charge in [-0.3, -0.25) is 4.79 Å². The molecule has 1 rings (SSSR count). The minimum atomic E-state index is -0.395. The Labute approximate surface area is 130 Å². The van der Waals surface area contributed by atoms with E-state index >= 15 is 0 Å². The second-order valence-electron chi connectivity index (χ2n) is 5.11. The van der Waals surface area contributed by atoms with Crippen molar-refractivity contribution in [1.82, 2.24) is 4.90 Å². The lowest BCUT2D eigenvalue weighted by Gasteiger charge is -2.29. The van der Waals surface area contributed by atoms with Crippen LogP contribution in [0.3, 0.4) is 0 Å². The zero-order valence-corrected chi connectivity index (χ0v) is 13.9. The lowest BCUT2D eigenvalue weighted by molar-refractivity contribution is 0.123. The Morgan fingerprint density at radius 2 is 1.81 bits per heavy atom. The maximum atomic E-state index is 12.2. The fourth-order valence-electron chi connectivity index (χ4n) is 1.98. The Kier molecular flexibility index (Phi) is 6.55. The number of carbonyl (C=O) groups excluding carboxylic acids is 2. The highest BCUT2D eigenvalue weighted by Gasteiger charge is 2.22. The molecular formula is C15H22N2O3S. The number of carbonyl (C=O) groups is 2. The average molecular weight is 310 g/mol. The number of hydrogen-bond donors (Lipinski definition) is 1.